The van der Waals surface area contributed by atoms with E-state index in [0.717, 1.165) is 5.56 Å². The van der Waals surface area contributed by atoms with E-state index in [1.54, 1.807) is 22.9 Å². The number of rotatable bonds is 6. The van der Waals surface area contributed by atoms with Crippen LogP contribution < -0.4 is 11.1 Å². The minimum absolute atomic E-state index is 0.277. The van der Waals surface area contributed by atoms with Crippen molar-refractivity contribution in [3.63, 3.8) is 0 Å². The molecule has 0 unspecified atom stereocenters. The molecule has 30 heavy (non-hydrogen) atoms. The van der Waals surface area contributed by atoms with Crippen molar-refractivity contribution in [2.45, 2.75) is 6.54 Å². The van der Waals surface area contributed by atoms with Gasteiger partial charge in [0.1, 0.15) is 5.82 Å². The molecule has 0 atom stereocenters. The van der Waals surface area contributed by atoms with Crippen LogP contribution in [0.15, 0.2) is 66.9 Å². The molecule has 8 heteroatoms. The first kappa shape index (κ1) is 19.3. The lowest BCUT2D eigenvalue weighted by atomic mass is 10.1. The van der Waals surface area contributed by atoms with Gasteiger partial charge in [-0.05, 0) is 23.8 Å². The van der Waals surface area contributed by atoms with Gasteiger partial charge in [-0.1, -0.05) is 42.5 Å². The number of nitrogens with two attached hydrogens (primary N) is 1. The van der Waals surface area contributed by atoms with Gasteiger partial charge in [0.05, 0.1) is 35.9 Å². The molecule has 2 heterocycles. The molecule has 7 nitrogen and oxygen atoms in total. The molecule has 2 aromatic carbocycles. The number of nitrogens with one attached hydrogen (secondary N) is 1. The second kappa shape index (κ2) is 8.12. The monoisotopic (exact) mass is 403 g/mol. The second-order valence-electron chi connectivity index (χ2n) is 6.74. The summed E-state index contributed by atoms with van der Waals surface area (Å²) in [4.78, 5) is 28.5. The Morgan fingerprint density at radius 1 is 1.07 bits per heavy atom. The fraction of sp³-hybridized carbons (Fsp3) is 0.0909. The average molecular weight is 403 g/mol. The molecule has 0 aliphatic rings. The lowest BCUT2D eigenvalue weighted by Gasteiger charge is -2.09. The maximum absolute atomic E-state index is 13.6. The Kier molecular flexibility index (Phi) is 5.21. The normalized spacial score (nSPS) is 10.8. The topological polar surface area (TPSA) is 103 Å². The first-order valence-electron chi connectivity index (χ1n) is 9.24. The largest absolute Gasteiger partial charge is 0.368 e. The van der Waals surface area contributed by atoms with Crippen LogP contribution in [0.5, 0.6) is 0 Å². The SMILES string of the molecule is NC(=O)CNC(=O)c1cc(-c2ccccc2)nc2c1cnn2Cc1cccc(F)c1. The Balaban J connectivity index is 1.82. The minimum Gasteiger partial charge on any atom is -0.368 e. The van der Waals surface area contributed by atoms with Gasteiger partial charge in [-0.3, -0.25) is 9.59 Å². The zero-order chi connectivity index (χ0) is 21.1. The van der Waals surface area contributed by atoms with Gasteiger partial charge in [-0.2, -0.15) is 5.10 Å². The number of benzene rings is 2. The summed E-state index contributed by atoms with van der Waals surface area (Å²) in [5.41, 5.74) is 8.06. The number of halogens is 1. The average Bonchev–Trinajstić information content (AvgIpc) is 3.14. The first-order valence-corrected chi connectivity index (χ1v) is 9.24. The number of hydrogen-bond acceptors (Lipinski definition) is 4. The Morgan fingerprint density at radius 2 is 1.87 bits per heavy atom. The van der Waals surface area contributed by atoms with E-state index in [1.807, 2.05) is 30.3 Å². The zero-order valence-electron chi connectivity index (χ0n) is 15.9. The van der Waals surface area contributed by atoms with Crippen molar-refractivity contribution < 1.29 is 14.0 Å². The third-order valence-corrected chi connectivity index (χ3v) is 4.57. The van der Waals surface area contributed by atoms with Gasteiger partial charge in [-0.25, -0.2) is 14.1 Å². The molecule has 0 saturated carbocycles. The smallest absolute Gasteiger partial charge is 0.252 e. The van der Waals surface area contributed by atoms with Crippen LogP contribution in [0, 0.1) is 5.82 Å². The minimum atomic E-state index is -0.640. The number of hydrogen-bond donors (Lipinski definition) is 2. The lowest BCUT2D eigenvalue weighted by Crippen LogP contribution is -2.33. The van der Waals surface area contributed by atoms with Crippen molar-refractivity contribution >= 4 is 22.8 Å². The summed E-state index contributed by atoms with van der Waals surface area (Å²) in [6.45, 7) is 0.00952. The highest BCUT2D eigenvalue weighted by atomic mass is 19.1. The number of carbonyl (C=O) groups excluding carboxylic acids is 2. The summed E-state index contributed by atoms with van der Waals surface area (Å²) < 4.78 is 15.2. The molecular formula is C22H18FN5O2. The molecule has 0 bridgehead atoms. The van der Waals surface area contributed by atoms with Gasteiger partial charge in [0, 0.05) is 5.56 Å². The summed E-state index contributed by atoms with van der Waals surface area (Å²) >= 11 is 0. The predicted octanol–water partition coefficient (Wildman–Crippen LogP) is 2.50. The van der Waals surface area contributed by atoms with Crippen molar-refractivity contribution in [2.75, 3.05) is 6.54 Å². The molecule has 0 saturated heterocycles. The van der Waals surface area contributed by atoms with Crippen LogP contribution in [0.4, 0.5) is 4.39 Å². The summed E-state index contributed by atoms with van der Waals surface area (Å²) in [7, 11) is 0. The van der Waals surface area contributed by atoms with Crippen LogP contribution in [0.3, 0.4) is 0 Å². The molecule has 0 fully saturated rings. The Labute approximate surface area is 171 Å². The van der Waals surface area contributed by atoms with E-state index in [1.165, 1.54) is 18.3 Å². The lowest BCUT2D eigenvalue weighted by molar-refractivity contribution is -0.117. The van der Waals surface area contributed by atoms with Crippen LogP contribution in [0.1, 0.15) is 15.9 Å². The highest BCUT2D eigenvalue weighted by molar-refractivity contribution is 6.07. The summed E-state index contributed by atoms with van der Waals surface area (Å²) in [5.74, 6) is -1.43. The number of primary amides is 1. The number of aromatic nitrogens is 3. The van der Waals surface area contributed by atoms with Crippen LogP contribution in [-0.4, -0.2) is 33.1 Å². The maximum Gasteiger partial charge on any atom is 0.252 e. The molecule has 2 amide bonds. The third-order valence-electron chi connectivity index (χ3n) is 4.57. The van der Waals surface area contributed by atoms with E-state index >= 15 is 0 Å². The van der Waals surface area contributed by atoms with E-state index in [2.05, 4.69) is 10.4 Å². The number of carbonyl (C=O) groups is 2. The molecule has 0 spiro atoms. The van der Waals surface area contributed by atoms with Gasteiger partial charge in [0.25, 0.3) is 5.91 Å². The van der Waals surface area contributed by atoms with E-state index in [9.17, 15) is 14.0 Å². The van der Waals surface area contributed by atoms with Crippen LogP contribution >= 0.6 is 0 Å². The van der Waals surface area contributed by atoms with Crippen molar-refractivity contribution in [1.82, 2.24) is 20.1 Å². The van der Waals surface area contributed by atoms with Gasteiger partial charge in [0.2, 0.25) is 5.91 Å². The van der Waals surface area contributed by atoms with Gasteiger partial charge in [-0.15, -0.1) is 0 Å². The van der Waals surface area contributed by atoms with Gasteiger partial charge in [0.15, 0.2) is 5.65 Å². The highest BCUT2D eigenvalue weighted by Gasteiger charge is 2.18. The Hall–Kier alpha value is -4.07. The van der Waals surface area contributed by atoms with Crippen LogP contribution in [-0.2, 0) is 11.3 Å². The molecule has 0 radical (unpaired) electrons. The summed E-state index contributed by atoms with van der Waals surface area (Å²) in [5, 5.41) is 7.38. The fourth-order valence-electron chi connectivity index (χ4n) is 3.18. The number of amides is 2. The molecule has 4 rings (SSSR count). The molecule has 3 N–H and O–H groups in total. The summed E-state index contributed by atoms with van der Waals surface area (Å²) in [6, 6.07) is 17.3. The molecule has 150 valence electrons. The van der Waals surface area contributed by atoms with E-state index in [0.29, 0.717) is 27.9 Å². The van der Waals surface area contributed by atoms with Crippen molar-refractivity contribution in [3.05, 3.63) is 83.8 Å². The fourth-order valence-corrected chi connectivity index (χ4v) is 3.18. The van der Waals surface area contributed by atoms with Crippen molar-refractivity contribution in [3.8, 4) is 11.3 Å². The number of pyridine rings is 1. The predicted molar refractivity (Wildman–Crippen MR) is 110 cm³/mol. The highest BCUT2D eigenvalue weighted by Crippen LogP contribution is 2.25. The molecular weight excluding hydrogens is 385 g/mol. The van der Waals surface area contributed by atoms with Crippen molar-refractivity contribution in [2.24, 2.45) is 5.73 Å². The quantitative estimate of drug-likeness (QED) is 0.516. The van der Waals surface area contributed by atoms with Crippen LogP contribution in [0.25, 0.3) is 22.3 Å². The van der Waals surface area contributed by atoms with Crippen molar-refractivity contribution in [1.29, 1.82) is 0 Å². The van der Waals surface area contributed by atoms with E-state index in [4.69, 9.17) is 10.7 Å². The molecule has 0 aliphatic carbocycles. The summed E-state index contributed by atoms with van der Waals surface area (Å²) in [6.07, 6.45) is 1.54. The van der Waals surface area contributed by atoms with Crippen LogP contribution in [0.2, 0.25) is 0 Å². The van der Waals surface area contributed by atoms with Gasteiger partial charge < -0.3 is 11.1 Å². The molecule has 4 aromatic rings. The first-order chi connectivity index (χ1) is 14.5. The molecule has 0 aliphatic heterocycles. The molecule has 2 aromatic heterocycles. The zero-order valence-corrected chi connectivity index (χ0v) is 15.9. The maximum atomic E-state index is 13.6. The van der Waals surface area contributed by atoms with E-state index < -0.39 is 11.8 Å². The Bertz CT molecular complexity index is 1240. The Morgan fingerprint density at radius 3 is 2.60 bits per heavy atom. The number of fused-ring (bicyclic) bond motifs is 1. The van der Waals surface area contributed by atoms with E-state index in [-0.39, 0.29) is 18.9 Å². The van der Waals surface area contributed by atoms with Gasteiger partial charge >= 0.3 is 0 Å². The second-order valence-corrected chi connectivity index (χ2v) is 6.74. The third kappa shape index (κ3) is 4.02. The number of nitrogens with zero attached hydrogens (tertiary/aromatic N) is 3. The standard InChI is InChI=1S/C22H18FN5O2/c23-16-8-4-5-14(9-16)13-28-21-18(11-26-28)17(22(30)25-12-20(24)29)10-19(27-21)15-6-2-1-3-7-15/h1-11H,12-13H2,(H2,24,29)(H,25,30).